The van der Waals surface area contributed by atoms with E-state index in [1.165, 1.54) is 0 Å². The fourth-order valence-corrected chi connectivity index (χ4v) is 6.85. The van der Waals surface area contributed by atoms with E-state index in [-0.39, 0.29) is 7.43 Å². The lowest BCUT2D eigenvalue weighted by Gasteiger charge is -2.28. The standard InChI is InChI=1S/C32H37N7O2S.CH4/c40-42(41,28-15-14-26-6-1-2-7-27(26)20-28)36-22-25-12-10-24(11-13-25)21-35-32-37-30-9-4-3-8-29(30)31(38-32)34-16-5-18-39-19-17-33-23-39;/h1-4,6-9,14-15,17,19-20,23-25,36H,5,10-13,16,18,21-22H2,(H2,34,35,37,38);1H4. The fraction of sp³-hybridized carbons (Fsp3) is 0.364. The Morgan fingerprint density at radius 3 is 2.37 bits per heavy atom. The summed E-state index contributed by atoms with van der Waals surface area (Å²) in [4.78, 5) is 14.0. The Balaban J connectivity index is 0.00000368. The van der Waals surface area contributed by atoms with Gasteiger partial charge in [-0.1, -0.05) is 49.9 Å². The SMILES string of the molecule is C.O=S(=O)(NCC1CCC(CNc2nc(NCCCn3ccnc3)c3ccccc3n2)CC1)c1ccc2ccccc2c1. The first-order valence-electron chi connectivity index (χ1n) is 14.7. The third kappa shape index (κ3) is 7.69. The van der Waals surface area contributed by atoms with Gasteiger partial charge in [0, 0.05) is 44.0 Å². The van der Waals surface area contributed by atoms with Crippen molar-refractivity contribution in [3.63, 3.8) is 0 Å². The molecule has 0 atom stereocenters. The number of anilines is 2. The van der Waals surface area contributed by atoms with Crippen molar-refractivity contribution in [3.05, 3.63) is 85.5 Å². The molecule has 6 rings (SSSR count). The Morgan fingerprint density at radius 2 is 1.58 bits per heavy atom. The largest absolute Gasteiger partial charge is 0.369 e. The van der Waals surface area contributed by atoms with Crippen molar-refractivity contribution in [2.24, 2.45) is 11.8 Å². The number of nitrogens with one attached hydrogen (secondary N) is 3. The van der Waals surface area contributed by atoms with E-state index in [0.29, 0.717) is 29.2 Å². The number of rotatable bonds is 12. The van der Waals surface area contributed by atoms with Gasteiger partial charge in [-0.2, -0.15) is 4.98 Å². The predicted octanol–water partition coefficient (Wildman–Crippen LogP) is 6.31. The molecule has 0 saturated heterocycles. The third-order valence-corrected chi connectivity index (χ3v) is 9.58. The summed E-state index contributed by atoms with van der Waals surface area (Å²) < 4.78 is 30.8. The minimum atomic E-state index is -3.54. The van der Waals surface area contributed by atoms with Crippen LogP contribution in [0.4, 0.5) is 11.8 Å². The average Bonchev–Trinajstić information content (AvgIpc) is 3.55. The number of aromatic nitrogens is 4. The van der Waals surface area contributed by atoms with E-state index in [1.54, 1.807) is 18.3 Å². The molecule has 226 valence electrons. The minimum absolute atomic E-state index is 0. The molecule has 1 fully saturated rings. The van der Waals surface area contributed by atoms with Gasteiger partial charge < -0.3 is 15.2 Å². The van der Waals surface area contributed by atoms with Gasteiger partial charge in [0.15, 0.2) is 0 Å². The van der Waals surface area contributed by atoms with E-state index in [1.807, 2.05) is 67.1 Å². The van der Waals surface area contributed by atoms with Gasteiger partial charge >= 0.3 is 0 Å². The van der Waals surface area contributed by atoms with Crippen LogP contribution in [0.25, 0.3) is 21.7 Å². The first-order valence-corrected chi connectivity index (χ1v) is 16.2. The topological polar surface area (TPSA) is 114 Å². The van der Waals surface area contributed by atoms with Crippen molar-refractivity contribution in [3.8, 4) is 0 Å². The van der Waals surface area contributed by atoms with Crippen molar-refractivity contribution in [1.29, 1.82) is 0 Å². The van der Waals surface area contributed by atoms with Crippen molar-refractivity contribution >= 4 is 43.5 Å². The summed E-state index contributed by atoms with van der Waals surface area (Å²) in [6.45, 7) is 2.97. The summed E-state index contributed by atoms with van der Waals surface area (Å²) in [7, 11) is -3.54. The lowest BCUT2D eigenvalue weighted by Crippen LogP contribution is -2.32. The van der Waals surface area contributed by atoms with Crippen LogP contribution in [0.5, 0.6) is 0 Å². The van der Waals surface area contributed by atoms with Crippen LogP contribution < -0.4 is 15.4 Å². The average molecular weight is 600 g/mol. The van der Waals surface area contributed by atoms with Gasteiger partial charge in [-0.15, -0.1) is 0 Å². The van der Waals surface area contributed by atoms with Crippen LogP contribution in [-0.2, 0) is 16.6 Å². The van der Waals surface area contributed by atoms with Crippen molar-refractivity contribution in [1.82, 2.24) is 24.2 Å². The summed E-state index contributed by atoms with van der Waals surface area (Å²) >= 11 is 0. The molecule has 2 aromatic heterocycles. The molecule has 5 aromatic rings. The number of para-hydroxylation sites is 1. The fourth-order valence-electron chi connectivity index (χ4n) is 5.70. The molecule has 1 aliphatic carbocycles. The highest BCUT2D eigenvalue weighted by molar-refractivity contribution is 7.89. The molecule has 10 heteroatoms. The second-order valence-electron chi connectivity index (χ2n) is 11.1. The second kappa shape index (κ2) is 14.0. The Hall–Kier alpha value is -4.02. The summed E-state index contributed by atoms with van der Waals surface area (Å²) in [5.41, 5.74) is 0.912. The number of aryl methyl sites for hydroxylation is 1. The highest BCUT2D eigenvalue weighted by Gasteiger charge is 2.24. The molecule has 9 nitrogen and oxygen atoms in total. The maximum atomic E-state index is 13.0. The lowest BCUT2D eigenvalue weighted by molar-refractivity contribution is 0.284. The first-order chi connectivity index (χ1) is 20.5. The van der Waals surface area contributed by atoms with Gasteiger partial charge in [0.2, 0.25) is 16.0 Å². The summed E-state index contributed by atoms with van der Waals surface area (Å²) in [5, 5.41) is 9.95. The molecule has 3 aromatic carbocycles. The molecular formula is C33H41N7O2S. The monoisotopic (exact) mass is 599 g/mol. The van der Waals surface area contributed by atoms with Crippen LogP contribution in [0.3, 0.4) is 0 Å². The van der Waals surface area contributed by atoms with Crippen LogP contribution >= 0.6 is 0 Å². The van der Waals surface area contributed by atoms with Crippen molar-refractivity contribution < 1.29 is 8.42 Å². The Bertz CT molecular complexity index is 1730. The molecule has 0 radical (unpaired) electrons. The third-order valence-electron chi connectivity index (χ3n) is 8.16. The van der Waals surface area contributed by atoms with E-state index >= 15 is 0 Å². The number of hydrogen-bond acceptors (Lipinski definition) is 7. The molecule has 43 heavy (non-hydrogen) atoms. The van der Waals surface area contributed by atoms with E-state index in [0.717, 1.165) is 79.2 Å². The molecule has 1 aliphatic rings. The number of sulfonamides is 1. The first kappa shape index (κ1) is 30.4. The van der Waals surface area contributed by atoms with Gasteiger partial charge in [0.05, 0.1) is 16.7 Å². The number of hydrogen-bond donors (Lipinski definition) is 3. The normalized spacial score (nSPS) is 17.0. The smallest absolute Gasteiger partial charge is 0.240 e. The number of nitrogens with zero attached hydrogens (tertiary/aromatic N) is 4. The lowest BCUT2D eigenvalue weighted by atomic mass is 9.82. The molecule has 3 N–H and O–H groups in total. The maximum absolute atomic E-state index is 13.0. The summed E-state index contributed by atoms with van der Waals surface area (Å²) in [6.07, 6.45) is 10.6. The van der Waals surface area contributed by atoms with E-state index in [4.69, 9.17) is 9.97 Å². The van der Waals surface area contributed by atoms with Gasteiger partial charge in [0.1, 0.15) is 5.82 Å². The molecule has 2 heterocycles. The quantitative estimate of drug-likeness (QED) is 0.144. The maximum Gasteiger partial charge on any atom is 0.240 e. The van der Waals surface area contributed by atoms with Crippen LogP contribution in [0.2, 0.25) is 0 Å². The highest BCUT2D eigenvalue weighted by atomic mass is 32.2. The Kier molecular flexibility index (Phi) is 9.89. The van der Waals surface area contributed by atoms with E-state index < -0.39 is 10.0 Å². The van der Waals surface area contributed by atoms with Crippen LogP contribution in [0.15, 0.2) is 90.3 Å². The van der Waals surface area contributed by atoms with Gasteiger partial charge in [-0.05, 0) is 79.0 Å². The zero-order chi connectivity index (χ0) is 28.8. The van der Waals surface area contributed by atoms with Crippen LogP contribution in [0.1, 0.15) is 39.5 Å². The van der Waals surface area contributed by atoms with Gasteiger partial charge in [-0.25, -0.2) is 23.1 Å². The van der Waals surface area contributed by atoms with E-state index in [9.17, 15) is 8.42 Å². The highest BCUT2D eigenvalue weighted by Crippen LogP contribution is 2.29. The van der Waals surface area contributed by atoms with E-state index in [2.05, 4.69) is 24.9 Å². The Morgan fingerprint density at radius 1 is 0.837 bits per heavy atom. The molecule has 1 saturated carbocycles. The molecular weight excluding hydrogens is 558 g/mol. The van der Waals surface area contributed by atoms with Crippen LogP contribution in [-0.4, -0.2) is 47.6 Å². The van der Waals surface area contributed by atoms with Gasteiger partial charge in [-0.3, -0.25) is 0 Å². The number of imidazole rings is 1. The van der Waals surface area contributed by atoms with Gasteiger partial charge in [0.25, 0.3) is 0 Å². The minimum Gasteiger partial charge on any atom is -0.369 e. The second-order valence-corrected chi connectivity index (χ2v) is 12.9. The molecule has 0 unspecified atom stereocenters. The molecule has 0 bridgehead atoms. The molecule has 0 aliphatic heterocycles. The van der Waals surface area contributed by atoms with Crippen molar-refractivity contribution in [2.45, 2.75) is 51.0 Å². The zero-order valence-corrected chi connectivity index (χ0v) is 24.4. The van der Waals surface area contributed by atoms with Crippen LogP contribution in [0, 0.1) is 11.8 Å². The number of fused-ring (bicyclic) bond motifs is 2. The van der Waals surface area contributed by atoms with Crippen molar-refractivity contribution in [2.75, 3.05) is 30.3 Å². The molecule has 0 spiro atoms. The Labute approximate surface area is 254 Å². The summed E-state index contributed by atoms with van der Waals surface area (Å²) in [5.74, 6) is 2.32. The predicted molar refractivity (Wildman–Crippen MR) is 175 cm³/mol. The summed E-state index contributed by atoms with van der Waals surface area (Å²) in [6, 6.07) is 21.2. The number of benzene rings is 3. The molecule has 0 amide bonds. The zero-order valence-electron chi connectivity index (χ0n) is 23.6.